The minimum absolute atomic E-state index is 0.228. The van der Waals surface area contributed by atoms with E-state index in [4.69, 9.17) is 10.5 Å². The van der Waals surface area contributed by atoms with Gasteiger partial charge in [0.2, 0.25) is 0 Å². The van der Waals surface area contributed by atoms with Crippen LogP contribution in [0.4, 0.5) is 0 Å². The minimum atomic E-state index is 0.228. The number of likely N-dealkylation sites (N-methyl/N-ethyl adjacent to an activating group) is 1. The summed E-state index contributed by atoms with van der Waals surface area (Å²) in [5.74, 6) is 0. The molecule has 0 amide bonds. The maximum atomic E-state index is 6.20. The number of hydrogen-bond acceptors (Lipinski definition) is 3. The molecule has 0 radical (unpaired) electrons. The molecule has 16 heavy (non-hydrogen) atoms. The van der Waals surface area contributed by atoms with Gasteiger partial charge >= 0.3 is 0 Å². The summed E-state index contributed by atoms with van der Waals surface area (Å²) in [6.45, 7) is 8.49. The van der Waals surface area contributed by atoms with Crippen LogP contribution in [0.25, 0.3) is 0 Å². The van der Waals surface area contributed by atoms with Gasteiger partial charge in [-0.1, -0.05) is 39.5 Å². The molecule has 3 heteroatoms. The zero-order chi connectivity index (χ0) is 11.8. The predicted octanol–water partition coefficient (Wildman–Crippen LogP) is 2.00. The molecule has 0 aromatic rings. The van der Waals surface area contributed by atoms with Crippen molar-refractivity contribution in [2.75, 3.05) is 26.2 Å². The van der Waals surface area contributed by atoms with E-state index in [2.05, 4.69) is 18.7 Å². The van der Waals surface area contributed by atoms with Gasteiger partial charge in [0.1, 0.15) is 0 Å². The standard InChI is InChI=1S/C13H28N2O/c1-3-5-6-7-8-12(14)13-11-15(4-2)9-10-16-13/h12-13H,3-11,14H2,1-2H3. The van der Waals surface area contributed by atoms with E-state index in [-0.39, 0.29) is 12.1 Å². The lowest BCUT2D eigenvalue weighted by atomic mass is 10.0. The molecular formula is C13H28N2O. The number of nitrogens with zero attached hydrogens (tertiary/aromatic N) is 1. The monoisotopic (exact) mass is 228 g/mol. The molecule has 1 aliphatic heterocycles. The van der Waals surface area contributed by atoms with Gasteiger partial charge in [0.25, 0.3) is 0 Å². The first-order valence-electron chi connectivity index (χ1n) is 6.87. The number of rotatable bonds is 7. The zero-order valence-corrected chi connectivity index (χ0v) is 11.0. The van der Waals surface area contributed by atoms with Crippen LogP contribution in [-0.4, -0.2) is 43.3 Å². The van der Waals surface area contributed by atoms with Crippen molar-refractivity contribution in [3.05, 3.63) is 0 Å². The molecule has 0 spiro atoms. The average Bonchev–Trinajstić information content (AvgIpc) is 2.34. The Hall–Kier alpha value is -0.120. The molecule has 3 nitrogen and oxygen atoms in total. The lowest BCUT2D eigenvalue weighted by molar-refractivity contribution is -0.0401. The highest BCUT2D eigenvalue weighted by Crippen LogP contribution is 2.13. The molecule has 0 aromatic heterocycles. The highest BCUT2D eigenvalue weighted by molar-refractivity contribution is 4.80. The SMILES string of the molecule is CCCCCCC(N)C1CN(CC)CCO1. The Morgan fingerprint density at radius 2 is 2.12 bits per heavy atom. The van der Waals surface area contributed by atoms with E-state index in [9.17, 15) is 0 Å². The smallest absolute Gasteiger partial charge is 0.0853 e. The summed E-state index contributed by atoms with van der Waals surface area (Å²) >= 11 is 0. The largest absolute Gasteiger partial charge is 0.374 e. The fraction of sp³-hybridized carbons (Fsp3) is 1.00. The maximum Gasteiger partial charge on any atom is 0.0853 e. The van der Waals surface area contributed by atoms with Gasteiger partial charge in [0, 0.05) is 19.1 Å². The zero-order valence-electron chi connectivity index (χ0n) is 11.0. The van der Waals surface area contributed by atoms with E-state index in [0.29, 0.717) is 0 Å². The summed E-state index contributed by atoms with van der Waals surface area (Å²) in [6.07, 6.45) is 6.56. The normalized spacial score (nSPS) is 24.6. The minimum Gasteiger partial charge on any atom is -0.374 e. The Kier molecular flexibility index (Phi) is 7.01. The van der Waals surface area contributed by atoms with E-state index < -0.39 is 0 Å². The van der Waals surface area contributed by atoms with Gasteiger partial charge in [0.05, 0.1) is 12.7 Å². The third kappa shape index (κ3) is 4.81. The van der Waals surface area contributed by atoms with Gasteiger partial charge in [0.15, 0.2) is 0 Å². The van der Waals surface area contributed by atoms with E-state index in [0.717, 1.165) is 32.7 Å². The first-order chi connectivity index (χ1) is 7.77. The molecule has 1 rings (SSSR count). The Morgan fingerprint density at radius 3 is 2.81 bits per heavy atom. The lowest BCUT2D eigenvalue weighted by Gasteiger charge is -2.35. The fourth-order valence-corrected chi connectivity index (χ4v) is 2.27. The maximum absolute atomic E-state index is 6.20. The van der Waals surface area contributed by atoms with Crippen molar-refractivity contribution < 1.29 is 4.74 Å². The fourth-order valence-electron chi connectivity index (χ4n) is 2.27. The summed E-state index contributed by atoms with van der Waals surface area (Å²) in [5, 5.41) is 0. The molecule has 2 N–H and O–H groups in total. The second kappa shape index (κ2) is 8.04. The summed E-state index contributed by atoms with van der Waals surface area (Å²) in [5.41, 5.74) is 6.20. The highest BCUT2D eigenvalue weighted by atomic mass is 16.5. The second-order valence-corrected chi connectivity index (χ2v) is 4.82. The van der Waals surface area contributed by atoms with Gasteiger partial charge in [-0.25, -0.2) is 0 Å². The van der Waals surface area contributed by atoms with Crippen LogP contribution in [0.2, 0.25) is 0 Å². The molecule has 0 aliphatic carbocycles. The van der Waals surface area contributed by atoms with Crippen molar-refractivity contribution in [1.82, 2.24) is 4.90 Å². The lowest BCUT2D eigenvalue weighted by Crippen LogP contribution is -2.50. The van der Waals surface area contributed by atoms with Crippen molar-refractivity contribution >= 4 is 0 Å². The number of unbranched alkanes of at least 4 members (excludes halogenated alkanes) is 3. The molecule has 1 fully saturated rings. The van der Waals surface area contributed by atoms with Crippen LogP contribution in [0, 0.1) is 0 Å². The number of morpholine rings is 1. The number of ether oxygens (including phenoxy) is 1. The summed E-state index contributed by atoms with van der Waals surface area (Å²) < 4.78 is 5.76. The summed E-state index contributed by atoms with van der Waals surface area (Å²) in [7, 11) is 0. The van der Waals surface area contributed by atoms with Crippen molar-refractivity contribution in [2.24, 2.45) is 5.73 Å². The van der Waals surface area contributed by atoms with Crippen molar-refractivity contribution in [2.45, 2.75) is 58.1 Å². The molecule has 1 heterocycles. The summed E-state index contributed by atoms with van der Waals surface area (Å²) in [6, 6.07) is 0.228. The van der Waals surface area contributed by atoms with Gasteiger partial charge in [-0.2, -0.15) is 0 Å². The quantitative estimate of drug-likeness (QED) is 0.677. The highest BCUT2D eigenvalue weighted by Gasteiger charge is 2.24. The van der Waals surface area contributed by atoms with E-state index in [1.807, 2.05) is 0 Å². The van der Waals surface area contributed by atoms with Gasteiger partial charge in [-0.05, 0) is 13.0 Å². The van der Waals surface area contributed by atoms with Gasteiger partial charge < -0.3 is 10.5 Å². The van der Waals surface area contributed by atoms with E-state index in [1.54, 1.807) is 0 Å². The molecule has 1 saturated heterocycles. The third-order valence-electron chi connectivity index (χ3n) is 3.49. The Balaban J connectivity index is 2.16. The Bertz CT molecular complexity index is 175. The van der Waals surface area contributed by atoms with E-state index >= 15 is 0 Å². The van der Waals surface area contributed by atoms with Crippen molar-refractivity contribution in [3.63, 3.8) is 0 Å². The molecule has 0 bridgehead atoms. The first-order valence-corrected chi connectivity index (χ1v) is 6.87. The van der Waals surface area contributed by atoms with Crippen LogP contribution in [0.5, 0.6) is 0 Å². The van der Waals surface area contributed by atoms with Crippen LogP contribution in [0.1, 0.15) is 46.0 Å². The topological polar surface area (TPSA) is 38.5 Å². The average molecular weight is 228 g/mol. The van der Waals surface area contributed by atoms with Crippen LogP contribution in [0.3, 0.4) is 0 Å². The second-order valence-electron chi connectivity index (χ2n) is 4.82. The first kappa shape index (κ1) is 13.9. The van der Waals surface area contributed by atoms with Crippen LogP contribution >= 0.6 is 0 Å². The van der Waals surface area contributed by atoms with Crippen molar-refractivity contribution in [3.8, 4) is 0 Å². The van der Waals surface area contributed by atoms with Crippen LogP contribution < -0.4 is 5.73 Å². The van der Waals surface area contributed by atoms with Crippen LogP contribution in [0.15, 0.2) is 0 Å². The molecule has 1 aliphatic rings. The van der Waals surface area contributed by atoms with Crippen molar-refractivity contribution in [1.29, 1.82) is 0 Å². The molecule has 96 valence electrons. The molecule has 2 unspecified atom stereocenters. The number of hydrogen-bond donors (Lipinski definition) is 1. The Labute approximate surface area is 100 Å². The molecular weight excluding hydrogens is 200 g/mol. The van der Waals surface area contributed by atoms with Gasteiger partial charge in [-0.3, -0.25) is 4.90 Å². The summed E-state index contributed by atoms with van der Waals surface area (Å²) in [4.78, 5) is 2.43. The molecule has 0 aromatic carbocycles. The Morgan fingerprint density at radius 1 is 1.31 bits per heavy atom. The van der Waals surface area contributed by atoms with E-state index in [1.165, 1.54) is 25.7 Å². The third-order valence-corrected chi connectivity index (χ3v) is 3.49. The molecule has 0 saturated carbocycles. The predicted molar refractivity (Wildman–Crippen MR) is 68.6 cm³/mol. The molecule has 2 atom stereocenters. The van der Waals surface area contributed by atoms with Gasteiger partial charge in [-0.15, -0.1) is 0 Å². The van der Waals surface area contributed by atoms with Crippen LogP contribution in [-0.2, 0) is 4.74 Å². The number of nitrogens with two attached hydrogens (primary N) is 1.